The first-order valence-electron chi connectivity index (χ1n) is 9.69. The maximum absolute atomic E-state index is 12.7. The van der Waals surface area contributed by atoms with Crippen LogP contribution in [0.25, 0.3) is 10.9 Å². The van der Waals surface area contributed by atoms with E-state index in [4.69, 9.17) is 16.2 Å². The minimum atomic E-state index is -5.30. The molecule has 0 saturated heterocycles. The highest BCUT2D eigenvalue weighted by atomic mass is 19.4. The fourth-order valence-electron chi connectivity index (χ4n) is 2.91. The number of unbranched alkanes of at least 4 members (excludes halogenated alkanes) is 1. The monoisotopic (exact) mass is 456 g/mol. The minimum Gasteiger partial charge on any atom is -0.494 e. The summed E-state index contributed by atoms with van der Waals surface area (Å²) in [6.45, 7) is 2.83. The average molecular weight is 456 g/mol. The molecule has 2 aromatic rings. The second kappa shape index (κ2) is 10.6. The Morgan fingerprint density at radius 3 is 2.50 bits per heavy atom. The molecule has 0 bridgehead atoms. The molecule has 0 aliphatic heterocycles. The Bertz CT molecular complexity index is 1080. The van der Waals surface area contributed by atoms with E-state index in [1.54, 1.807) is 25.1 Å². The number of hydrogen-bond donors (Lipinski definition) is 2. The molecular formula is C20H23F3N4O5. The lowest BCUT2D eigenvalue weighted by molar-refractivity contribution is -0.201. The number of esters is 2. The number of rotatable bonds is 9. The lowest BCUT2D eigenvalue weighted by atomic mass is 10.1. The number of pyridine rings is 1. The van der Waals surface area contributed by atoms with Gasteiger partial charge in [-0.2, -0.15) is 13.2 Å². The van der Waals surface area contributed by atoms with E-state index in [-0.39, 0.29) is 18.1 Å². The normalized spacial score (nSPS) is 11.2. The zero-order valence-electron chi connectivity index (χ0n) is 17.3. The first kappa shape index (κ1) is 24.7. The molecule has 0 spiro atoms. The van der Waals surface area contributed by atoms with Gasteiger partial charge < -0.3 is 25.5 Å². The van der Waals surface area contributed by atoms with Gasteiger partial charge in [0, 0.05) is 24.7 Å². The van der Waals surface area contributed by atoms with E-state index in [9.17, 15) is 27.6 Å². The van der Waals surface area contributed by atoms with Crippen molar-refractivity contribution in [2.45, 2.75) is 38.9 Å². The summed E-state index contributed by atoms with van der Waals surface area (Å²) in [6.07, 6.45) is -4.65. The standard InChI is InChI=1S/C20H23F3N4O5/c1-2-27-15-11-14(31-8-4-3-7-26-19(24)25)6-5-12(15)9-13(17(27)29)10-16(28)32-18(30)20(21,22)23/h5-6,9,11H,2-4,7-8,10H2,1H3,(H4,24,25,26). The second-order valence-electron chi connectivity index (χ2n) is 6.74. The molecule has 9 nitrogen and oxygen atoms in total. The van der Waals surface area contributed by atoms with Crippen LogP contribution in [0.1, 0.15) is 25.3 Å². The maximum atomic E-state index is 12.7. The Morgan fingerprint density at radius 2 is 1.88 bits per heavy atom. The lowest BCUT2D eigenvalue weighted by Crippen LogP contribution is -2.30. The predicted octanol–water partition coefficient (Wildman–Crippen LogP) is 1.63. The van der Waals surface area contributed by atoms with Gasteiger partial charge in [-0.05, 0) is 43.4 Å². The SMILES string of the molecule is CCn1c(=O)c(CC(=O)OC(=O)C(F)(F)F)cc2ccc(OCCCCN=C(N)N)cc21. The van der Waals surface area contributed by atoms with Crippen LogP contribution in [0.2, 0.25) is 0 Å². The molecule has 174 valence electrons. The van der Waals surface area contributed by atoms with Crippen molar-refractivity contribution in [2.75, 3.05) is 13.2 Å². The van der Waals surface area contributed by atoms with Gasteiger partial charge >= 0.3 is 18.1 Å². The van der Waals surface area contributed by atoms with Gasteiger partial charge in [0.1, 0.15) is 5.75 Å². The summed E-state index contributed by atoms with van der Waals surface area (Å²) in [5, 5.41) is 0.566. The highest BCUT2D eigenvalue weighted by Gasteiger charge is 2.42. The number of guanidine groups is 1. The van der Waals surface area contributed by atoms with Crippen LogP contribution < -0.4 is 21.8 Å². The summed E-state index contributed by atoms with van der Waals surface area (Å²) < 4.78 is 47.6. The number of hydrogen-bond acceptors (Lipinski definition) is 6. The third-order valence-electron chi connectivity index (χ3n) is 4.35. The van der Waals surface area contributed by atoms with Crippen molar-refractivity contribution in [2.24, 2.45) is 16.5 Å². The van der Waals surface area contributed by atoms with E-state index < -0.39 is 30.1 Å². The van der Waals surface area contributed by atoms with Crippen LogP contribution >= 0.6 is 0 Å². The quantitative estimate of drug-likeness (QED) is 0.192. The topological polar surface area (TPSA) is 139 Å². The van der Waals surface area contributed by atoms with E-state index >= 15 is 0 Å². The molecule has 1 aromatic carbocycles. The van der Waals surface area contributed by atoms with Gasteiger partial charge in [0.2, 0.25) is 0 Å². The van der Waals surface area contributed by atoms with Crippen molar-refractivity contribution in [3.63, 3.8) is 0 Å². The third-order valence-corrected chi connectivity index (χ3v) is 4.35. The largest absolute Gasteiger partial charge is 0.494 e. The number of benzene rings is 1. The summed E-state index contributed by atoms with van der Waals surface area (Å²) in [5.74, 6) is -3.55. The Labute approximate surface area is 180 Å². The van der Waals surface area contributed by atoms with Gasteiger partial charge in [0.05, 0.1) is 18.5 Å². The smallest absolute Gasteiger partial charge is 0.491 e. The first-order valence-corrected chi connectivity index (χ1v) is 9.69. The summed E-state index contributed by atoms with van der Waals surface area (Å²) in [4.78, 5) is 39.1. The number of carbonyl (C=O) groups excluding carboxylic acids is 2. The molecule has 2 rings (SSSR count). The van der Waals surface area contributed by atoms with Crippen molar-refractivity contribution in [1.29, 1.82) is 0 Å². The van der Waals surface area contributed by atoms with Crippen LogP contribution in [0, 0.1) is 0 Å². The summed E-state index contributed by atoms with van der Waals surface area (Å²) >= 11 is 0. The van der Waals surface area contributed by atoms with Gasteiger partial charge in [0.15, 0.2) is 5.96 Å². The van der Waals surface area contributed by atoms with Crippen molar-refractivity contribution in [1.82, 2.24) is 4.57 Å². The molecule has 0 aliphatic carbocycles. The Balaban J connectivity index is 2.15. The Morgan fingerprint density at radius 1 is 1.16 bits per heavy atom. The van der Waals surface area contributed by atoms with E-state index in [1.165, 1.54) is 10.6 Å². The number of alkyl halides is 3. The summed E-state index contributed by atoms with van der Waals surface area (Å²) in [5.41, 5.74) is 10.4. The lowest BCUT2D eigenvalue weighted by Gasteiger charge is -2.13. The van der Waals surface area contributed by atoms with Crippen LogP contribution in [0.3, 0.4) is 0 Å². The number of fused-ring (bicyclic) bond motifs is 1. The molecule has 12 heteroatoms. The van der Waals surface area contributed by atoms with Crippen LogP contribution in [0.5, 0.6) is 5.75 Å². The molecule has 1 heterocycles. The second-order valence-corrected chi connectivity index (χ2v) is 6.74. The van der Waals surface area contributed by atoms with Gasteiger partial charge in [-0.25, -0.2) is 4.79 Å². The molecule has 0 saturated carbocycles. The van der Waals surface area contributed by atoms with Gasteiger partial charge in [-0.15, -0.1) is 0 Å². The fourth-order valence-corrected chi connectivity index (χ4v) is 2.91. The molecular weight excluding hydrogens is 433 g/mol. The van der Waals surface area contributed by atoms with Gasteiger partial charge in [-0.1, -0.05) is 0 Å². The molecule has 0 radical (unpaired) electrons. The molecule has 0 aliphatic rings. The van der Waals surface area contributed by atoms with Gasteiger partial charge in [-0.3, -0.25) is 14.6 Å². The maximum Gasteiger partial charge on any atom is 0.491 e. The van der Waals surface area contributed by atoms with Crippen LogP contribution in [-0.4, -0.2) is 41.8 Å². The van der Waals surface area contributed by atoms with Gasteiger partial charge in [0.25, 0.3) is 5.56 Å². The molecule has 0 unspecified atom stereocenters. The number of aromatic nitrogens is 1. The summed E-state index contributed by atoms with van der Waals surface area (Å²) in [7, 11) is 0. The number of nitrogens with zero attached hydrogens (tertiary/aromatic N) is 2. The van der Waals surface area contributed by atoms with Crippen molar-refractivity contribution in [3.05, 3.63) is 40.2 Å². The predicted molar refractivity (Wildman–Crippen MR) is 110 cm³/mol. The molecule has 4 N–H and O–H groups in total. The third kappa shape index (κ3) is 6.72. The molecule has 0 atom stereocenters. The zero-order chi connectivity index (χ0) is 23.9. The van der Waals surface area contributed by atoms with Crippen LogP contribution in [-0.2, 0) is 27.3 Å². The van der Waals surface area contributed by atoms with E-state index in [1.807, 2.05) is 0 Å². The number of halogens is 3. The highest BCUT2D eigenvalue weighted by Crippen LogP contribution is 2.22. The number of carbonyl (C=O) groups is 2. The first-order chi connectivity index (χ1) is 15.0. The Hall–Kier alpha value is -3.57. The fraction of sp³-hybridized carbons (Fsp3) is 0.400. The number of ether oxygens (including phenoxy) is 2. The average Bonchev–Trinajstić information content (AvgIpc) is 2.70. The summed E-state index contributed by atoms with van der Waals surface area (Å²) in [6, 6.07) is 6.36. The minimum absolute atomic E-state index is 0.0255. The van der Waals surface area contributed by atoms with Crippen molar-refractivity contribution >= 4 is 28.8 Å². The Kier molecular flexibility index (Phi) is 8.21. The molecule has 0 fully saturated rings. The number of nitrogens with two attached hydrogens (primary N) is 2. The van der Waals surface area contributed by atoms with E-state index in [2.05, 4.69) is 9.73 Å². The van der Waals surface area contributed by atoms with Crippen LogP contribution in [0.15, 0.2) is 34.1 Å². The molecule has 32 heavy (non-hydrogen) atoms. The van der Waals surface area contributed by atoms with Crippen molar-refractivity contribution < 1.29 is 32.2 Å². The number of aliphatic imine (C=N–C) groups is 1. The van der Waals surface area contributed by atoms with Crippen LogP contribution in [0.4, 0.5) is 13.2 Å². The number of aryl methyl sites for hydroxylation is 1. The highest BCUT2D eigenvalue weighted by molar-refractivity contribution is 5.90. The van der Waals surface area contributed by atoms with E-state index in [0.717, 1.165) is 6.42 Å². The van der Waals surface area contributed by atoms with Crippen molar-refractivity contribution in [3.8, 4) is 5.75 Å². The molecule has 1 aromatic heterocycles. The molecule has 0 amide bonds. The van der Waals surface area contributed by atoms with E-state index in [0.29, 0.717) is 36.2 Å². The zero-order valence-corrected chi connectivity index (χ0v) is 17.3.